The second-order valence-corrected chi connectivity index (χ2v) is 5.96. The van der Waals surface area contributed by atoms with E-state index in [1.54, 1.807) is 0 Å². The Morgan fingerprint density at radius 3 is 2.83 bits per heavy atom. The van der Waals surface area contributed by atoms with Gasteiger partial charge in [0.05, 0.1) is 3.57 Å². The molecule has 1 aromatic heterocycles. The first-order valence-electron chi connectivity index (χ1n) is 5.64. The lowest BCUT2D eigenvalue weighted by atomic mass is 10.1. The first-order valence-corrected chi connectivity index (χ1v) is 7.52. The Morgan fingerprint density at radius 2 is 2.17 bits per heavy atom. The Hall–Kier alpha value is -0.690. The van der Waals surface area contributed by atoms with Crippen molar-refractivity contribution < 1.29 is 0 Å². The monoisotopic (exact) mass is 417 g/mol. The molecule has 0 bridgehead atoms. The SMILES string of the molecule is CCNc1nc(-c2ccc(Br)cc2C)ncc1I. The molecule has 0 radical (unpaired) electrons. The molecule has 0 atom stereocenters. The van der Waals surface area contributed by atoms with E-state index in [9.17, 15) is 0 Å². The summed E-state index contributed by atoms with van der Waals surface area (Å²) in [6.07, 6.45) is 1.85. The Balaban J connectivity index is 2.47. The summed E-state index contributed by atoms with van der Waals surface area (Å²) in [7, 11) is 0. The fourth-order valence-electron chi connectivity index (χ4n) is 1.67. The van der Waals surface area contributed by atoms with Crippen molar-refractivity contribution in [2.24, 2.45) is 0 Å². The van der Waals surface area contributed by atoms with Gasteiger partial charge in [-0.25, -0.2) is 9.97 Å². The molecule has 0 fully saturated rings. The number of hydrogen-bond acceptors (Lipinski definition) is 3. The van der Waals surface area contributed by atoms with Crippen molar-refractivity contribution >= 4 is 44.3 Å². The highest BCUT2D eigenvalue weighted by Crippen LogP contribution is 2.25. The lowest BCUT2D eigenvalue weighted by Gasteiger charge is -2.09. The van der Waals surface area contributed by atoms with Crippen LogP contribution in [-0.4, -0.2) is 16.5 Å². The highest BCUT2D eigenvalue weighted by molar-refractivity contribution is 14.1. The summed E-state index contributed by atoms with van der Waals surface area (Å²) in [6.45, 7) is 4.98. The smallest absolute Gasteiger partial charge is 0.161 e. The van der Waals surface area contributed by atoms with Crippen molar-refractivity contribution in [3.8, 4) is 11.4 Å². The molecule has 3 nitrogen and oxygen atoms in total. The minimum atomic E-state index is 0.761. The lowest BCUT2D eigenvalue weighted by Crippen LogP contribution is -2.04. The maximum Gasteiger partial charge on any atom is 0.161 e. The van der Waals surface area contributed by atoms with Gasteiger partial charge in [0.15, 0.2) is 5.82 Å². The molecule has 0 aliphatic heterocycles. The summed E-state index contributed by atoms with van der Waals surface area (Å²) in [5.41, 5.74) is 2.22. The number of halogens is 2. The van der Waals surface area contributed by atoms with Gasteiger partial charge in [-0.05, 0) is 60.2 Å². The van der Waals surface area contributed by atoms with Crippen LogP contribution in [0.4, 0.5) is 5.82 Å². The standard InChI is InChI=1S/C13H13BrIN3/c1-3-16-13-11(15)7-17-12(18-13)10-5-4-9(14)6-8(10)2/h4-7H,3H2,1-2H3,(H,16,17,18). The predicted molar refractivity (Wildman–Crippen MR) is 86.8 cm³/mol. The van der Waals surface area contributed by atoms with Gasteiger partial charge < -0.3 is 5.32 Å². The number of aromatic nitrogens is 2. The molecular weight excluding hydrogens is 405 g/mol. The molecule has 1 aromatic carbocycles. The van der Waals surface area contributed by atoms with Gasteiger partial charge in [-0.1, -0.05) is 15.9 Å². The van der Waals surface area contributed by atoms with Crippen LogP contribution in [0.15, 0.2) is 28.9 Å². The molecule has 94 valence electrons. The zero-order valence-electron chi connectivity index (χ0n) is 10.2. The van der Waals surface area contributed by atoms with E-state index < -0.39 is 0 Å². The van der Waals surface area contributed by atoms with Gasteiger partial charge in [0, 0.05) is 22.8 Å². The zero-order chi connectivity index (χ0) is 13.1. The van der Waals surface area contributed by atoms with Crippen molar-refractivity contribution in [2.75, 3.05) is 11.9 Å². The fourth-order valence-corrected chi connectivity index (χ4v) is 2.59. The predicted octanol–water partition coefficient (Wildman–Crippen LogP) is 4.25. The third-order valence-corrected chi connectivity index (χ3v) is 3.80. The average molecular weight is 418 g/mol. The van der Waals surface area contributed by atoms with Gasteiger partial charge in [0.1, 0.15) is 5.82 Å². The first kappa shape index (κ1) is 13.7. The van der Waals surface area contributed by atoms with Crippen LogP contribution in [-0.2, 0) is 0 Å². The van der Waals surface area contributed by atoms with Crippen LogP contribution in [0.5, 0.6) is 0 Å². The minimum Gasteiger partial charge on any atom is -0.369 e. The highest BCUT2D eigenvalue weighted by atomic mass is 127. The number of aryl methyl sites for hydroxylation is 1. The zero-order valence-corrected chi connectivity index (χ0v) is 13.9. The van der Waals surface area contributed by atoms with Crippen molar-refractivity contribution in [1.29, 1.82) is 0 Å². The van der Waals surface area contributed by atoms with Gasteiger partial charge in [0.2, 0.25) is 0 Å². The van der Waals surface area contributed by atoms with E-state index in [0.29, 0.717) is 0 Å². The number of benzene rings is 1. The number of anilines is 1. The van der Waals surface area contributed by atoms with Crippen LogP contribution in [0.1, 0.15) is 12.5 Å². The first-order chi connectivity index (χ1) is 8.61. The van der Waals surface area contributed by atoms with E-state index in [1.807, 2.05) is 18.3 Å². The fraction of sp³-hybridized carbons (Fsp3) is 0.231. The molecule has 0 spiro atoms. The molecule has 0 saturated heterocycles. The Kier molecular flexibility index (Phi) is 4.55. The molecule has 0 amide bonds. The molecular formula is C13H13BrIN3. The van der Waals surface area contributed by atoms with E-state index in [2.05, 4.69) is 73.7 Å². The number of rotatable bonds is 3. The molecule has 0 aliphatic carbocycles. The van der Waals surface area contributed by atoms with Crippen molar-refractivity contribution in [3.05, 3.63) is 38.0 Å². The number of nitrogens with one attached hydrogen (secondary N) is 1. The van der Waals surface area contributed by atoms with Gasteiger partial charge in [-0.15, -0.1) is 0 Å². The molecule has 1 N–H and O–H groups in total. The number of nitrogens with zero attached hydrogens (tertiary/aromatic N) is 2. The van der Waals surface area contributed by atoms with Gasteiger partial charge in [0.25, 0.3) is 0 Å². The summed E-state index contributed by atoms with van der Waals surface area (Å²) < 4.78 is 2.11. The molecule has 2 aromatic rings. The van der Waals surface area contributed by atoms with Gasteiger partial charge >= 0.3 is 0 Å². The number of hydrogen-bond donors (Lipinski definition) is 1. The van der Waals surface area contributed by atoms with E-state index in [-0.39, 0.29) is 0 Å². The topological polar surface area (TPSA) is 37.8 Å². The molecule has 0 aliphatic rings. The quantitative estimate of drug-likeness (QED) is 0.758. The van der Waals surface area contributed by atoms with Crippen molar-refractivity contribution in [3.63, 3.8) is 0 Å². The summed E-state index contributed by atoms with van der Waals surface area (Å²) in [4.78, 5) is 8.99. The van der Waals surface area contributed by atoms with E-state index in [0.717, 1.165) is 37.4 Å². The van der Waals surface area contributed by atoms with Crippen LogP contribution in [0.25, 0.3) is 11.4 Å². The van der Waals surface area contributed by atoms with Crippen molar-refractivity contribution in [1.82, 2.24) is 9.97 Å². The average Bonchev–Trinajstić information content (AvgIpc) is 2.33. The third-order valence-electron chi connectivity index (χ3n) is 2.52. The van der Waals surface area contributed by atoms with Crippen LogP contribution in [0.3, 0.4) is 0 Å². The maximum atomic E-state index is 4.58. The Morgan fingerprint density at radius 1 is 1.39 bits per heavy atom. The molecule has 0 unspecified atom stereocenters. The van der Waals surface area contributed by atoms with Crippen LogP contribution < -0.4 is 5.32 Å². The highest BCUT2D eigenvalue weighted by Gasteiger charge is 2.08. The maximum absolute atomic E-state index is 4.58. The van der Waals surface area contributed by atoms with E-state index in [1.165, 1.54) is 0 Å². The third kappa shape index (κ3) is 3.00. The minimum absolute atomic E-state index is 0.761. The van der Waals surface area contributed by atoms with E-state index in [4.69, 9.17) is 0 Å². The van der Waals surface area contributed by atoms with Gasteiger partial charge in [-0.3, -0.25) is 0 Å². The van der Waals surface area contributed by atoms with Gasteiger partial charge in [-0.2, -0.15) is 0 Å². The second-order valence-electron chi connectivity index (χ2n) is 3.88. The molecule has 2 rings (SSSR count). The normalized spacial score (nSPS) is 10.4. The summed E-state index contributed by atoms with van der Waals surface area (Å²) >= 11 is 5.70. The largest absolute Gasteiger partial charge is 0.369 e. The summed E-state index contributed by atoms with van der Waals surface area (Å²) in [5.74, 6) is 1.65. The lowest BCUT2D eigenvalue weighted by molar-refractivity contribution is 1.10. The van der Waals surface area contributed by atoms with Crippen LogP contribution in [0.2, 0.25) is 0 Å². The van der Waals surface area contributed by atoms with Crippen LogP contribution >= 0.6 is 38.5 Å². The van der Waals surface area contributed by atoms with Crippen LogP contribution in [0, 0.1) is 10.5 Å². The Bertz CT molecular complexity index is 572. The Labute approximate surface area is 129 Å². The second kappa shape index (κ2) is 5.97. The molecule has 5 heteroatoms. The molecule has 0 saturated carbocycles. The van der Waals surface area contributed by atoms with Crippen molar-refractivity contribution in [2.45, 2.75) is 13.8 Å². The summed E-state index contributed by atoms with van der Waals surface area (Å²) in [6, 6.07) is 6.12. The van der Waals surface area contributed by atoms with E-state index >= 15 is 0 Å². The summed E-state index contributed by atoms with van der Waals surface area (Å²) in [5, 5.41) is 3.25. The molecule has 1 heterocycles. The molecule has 18 heavy (non-hydrogen) atoms.